The van der Waals surface area contributed by atoms with Gasteiger partial charge in [-0.25, -0.2) is 4.39 Å². The van der Waals surface area contributed by atoms with Gasteiger partial charge in [-0.1, -0.05) is 24.3 Å². The number of methoxy groups -OCH3 is 1. The van der Waals surface area contributed by atoms with Gasteiger partial charge in [0.1, 0.15) is 17.8 Å². The minimum Gasteiger partial charge on any atom is -0.497 e. The molecule has 1 atom stereocenters. The molecule has 23 heavy (non-hydrogen) atoms. The third kappa shape index (κ3) is 3.27. The Hall–Kier alpha value is -2.58. The molecule has 1 saturated heterocycles. The Morgan fingerprint density at radius 1 is 1.26 bits per heavy atom. The Kier molecular flexibility index (Phi) is 4.45. The molecule has 2 aromatic rings. The van der Waals surface area contributed by atoms with E-state index in [1.165, 1.54) is 6.07 Å². The summed E-state index contributed by atoms with van der Waals surface area (Å²) in [6.45, 7) is 0.867. The first kappa shape index (κ1) is 15.3. The Morgan fingerprint density at radius 2 is 2.09 bits per heavy atom. The van der Waals surface area contributed by atoms with Crippen LogP contribution in [0.1, 0.15) is 12.0 Å². The van der Waals surface area contributed by atoms with Crippen LogP contribution in [0.4, 0.5) is 4.39 Å². The van der Waals surface area contributed by atoms with Crippen LogP contribution in [-0.2, 0) is 11.3 Å². The van der Waals surface area contributed by atoms with E-state index in [-0.39, 0.29) is 18.7 Å². The van der Waals surface area contributed by atoms with Crippen LogP contribution in [0.25, 0.3) is 11.1 Å². The molecule has 118 valence electrons. The summed E-state index contributed by atoms with van der Waals surface area (Å²) in [6, 6.07) is 12.6. The number of likely N-dealkylation sites (tertiary alicyclic amines) is 1. The van der Waals surface area contributed by atoms with Crippen LogP contribution in [0.5, 0.6) is 5.75 Å². The van der Waals surface area contributed by atoms with Crippen molar-refractivity contribution in [2.45, 2.75) is 19.3 Å². The zero-order valence-electron chi connectivity index (χ0n) is 12.8. The summed E-state index contributed by atoms with van der Waals surface area (Å²) >= 11 is 0. The van der Waals surface area contributed by atoms with E-state index in [2.05, 4.69) is 0 Å². The molecule has 0 aliphatic carbocycles. The van der Waals surface area contributed by atoms with Crippen molar-refractivity contribution in [1.82, 2.24) is 4.90 Å². The van der Waals surface area contributed by atoms with Crippen LogP contribution < -0.4 is 4.74 Å². The summed E-state index contributed by atoms with van der Waals surface area (Å²) in [7, 11) is 1.60. The average Bonchev–Trinajstić information content (AvgIpc) is 2.56. The van der Waals surface area contributed by atoms with Gasteiger partial charge in [0.25, 0.3) is 0 Å². The maximum Gasteiger partial charge on any atom is 0.181 e. The molecule has 0 saturated carbocycles. The van der Waals surface area contributed by atoms with Gasteiger partial charge in [-0.3, -0.25) is 4.90 Å². The van der Waals surface area contributed by atoms with Gasteiger partial charge >= 0.3 is 0 Å². The third-order valence-corrected chi connectivity index (χ3v) is 3.98. The molecule has 1 unspecified atom stereocenters. The van der Waals surface area contributed by atoms with Gasteiger partial charge in [0.05, 0.1) is 13.7 Å². The molecule has 3 rings (SSSR count). The van der Waals surface area contributed by atoms with Crippen molar-refractivity contribution >= 4 is 0 Å². The van der Waals surface area contributed by atoms with Gasteiger partial charge in [0.2, 0.25) is 0 Å². The van der Waals surface area contributed by atoms with Crippen molar-refractivity contribution in [3.8, 4) is 23.1 Å². The van der Waals surface area contributed by atoms with Crippen LogP contribution in [-0.4, -0.2) is 24.8 Å². The summed E-state index contributed by atoms with van der Waals surface area (Å²) in [5, 5.41) is 8.83. The molecular formula is C18H17FN2O2. The first-order chi connectivity index (χ1) is 11.2. The van der Waals surface area contributed by atoms with Crippen LogP contribution in [0.15, 0.2) is 42.5 Å². The standard InChI is InChI=1S/C18H17FN2O2/c1-22-16-4-2-3-13(9-16)14-5-6-15(17(19)10-14)11-23-18-7-8-21(18)12-20/h2-6,9-10,18H,7-8,11H2,1H3. The van der Waals surface area contributed by atoms with Gasteiger partial charge in [-0.05, 0) is 29.3 Å². The Bertz CT molecular complexity index is 742. The first-order valence-corrected chi connectivity index (χ1v) is 7.42. The predicted octanol–water partition coefficient (Wildman–Crippen LogP) is 3.53. The summed E-state index contributed by atoms with van der Waals surface area (Å²) in [4.78, 5) is 1.54. The van der Waals surface area contributed by atoms with E-state index in [1.807, 2.05) is 36.5 Å². The summed E-state index contributed by atoms with van der Waals surface area (Å²) in [5.74, 6) is 0.421. The number of ether oxygens (including phenoxy) is 2. The van der Waals surface area contributed by atoms with Crippen molar-refractivity contribution < 1.29 is 13.9 Å². The van der Waals surface area contributed by atoms with Gasteiger partial charge in [0.15, 0.2) is 6.19 Å². The number of hydrogen-bond donors (Lipinski definition) is 0. The van der Waals surface area contributed by atoms with E-state index >= 15 is 0 Å². The molecule has 1 heterocycles. The highest BCUT2D eigenvalue weighted by atomic mass is 19.1. The smallest absolute Gasteiger partial charge is 0.181 e. The predicted molar refractivity (Wildman–Crippen MR) is 83.9 cm³/mol. The monoisotopic (exact) mass is 312 g/mol. The maximum absolute atomic E-state index is 14.3. The van der Waals surface area contributed by atoms with Crippen LogP contribution in [0.2, 0.25) is 0 Å². The minimum atomic E-state index is -0.312. The summed E-state index contributed by atoms with van der Waals surface area (Å²) in [6.07, 6.45) is 2.62. The molecule has 1 fully saturated rings. The van der Waals surface area contributed by atoms with Crippen LogP contribution in [0.3, 0.4) is 0 Å². The molecule has 5 heteroatoms. The van der Waals surface area contributed by atoms with E-state index in [4.69, 9.17) is 14.7 Å². The Labute approximate surface area is 134 Å². The molecule has 0 spiro atoms. The fraction of sp³-hybridized carbons (Fsp3) is 0.278. The molecule has 0 bridgehead atoms. The van der Waals surface area contributed by atoms with E-state index in [0.717, 1.165) is 23.3 Å². The lowest BCUT2D eigenvalue weighted by molar-refractivity contribution is -0.101. The fourth-order valence-corrected chi connectivity index (χ4v) is 2.48. The highest BCUT2D eigenvalue weighted by Gasteiger charge is 2.27. The lowest BCUT2D eigenvalue weighted by Crippen LogP contribution is -2.45. The van der Waals surface area contributed by atoms with Crippen molar-refractivity contribution in [2.24, 2.45) is 0 Å². The number of hydrogen-bond acceptors (Lipinski definition) is 4. The van der Waals surface area contributed by atoms with Crippen molar-refractivity contribution in [3.63, 3.8) is 0 Å². The lowest BCUT2D eigenvalue weighted by atomic mass is 10.0. The Morgan fingerprint density at radius 3 is 2.74 bits per heavy atom. The molecule has 4 nitrogen and oxygen atoms in total. The molecule has 1 aliphatic heterocycles. The normalized spacial score (nSPS) is 16.6. The second-order valence-corrected chi connectivity index (χ2v) is 5.39. The fourth-order valence-electron chi connectivity index (χ4n) is 2.48. The summed E-state index contributed by atoms with van der Waals surface area (Å²) in [5.41, 5.74) is 2.17. The number of rotatable bonds is 5. The highest BCUT2D eigenvalue weighted by molar-refractivity contribution is 5.65. The molecule has 2 aromatic carbocycles. The number of halogens is 1. The van der Waals surface area contributed by atoms with Crippen molar-refractivity contribution in [3.05, 3.63) is 53.8 Å². The van der Waals surface area contributed by atoms with Gasteiger partial charge in [0, 0.05) is 18.5 Å². The number of nitrogens with zero attached hydrogens (tertiary/aromatic N) is 2. The number of benzene rings is 2. The maximum atomic E-state index is 14.3. The molecule has 0 aromatic heterocycles. The van der Waals surface area contributed by atoms with E-state index < -0.39 is 0 Å². The second-order valence-electron chi connectivity index (χ2n) is 5.39. The second kappa shape index (κ2) is 6.67. The van der Waals surface area contributed by atoms with Gasteiger partial charge in [-0.2, -0.15) is 5.26 Å². The molecule has 0 radical (unpaired) electrons. The molecule has 0 N–H and O–H groups in total. The summed E-state index contributed by atoms with van der Waals surface area (Å²) < 4.78 is 25.0. The largest absolute Gasteiger partial charge is 0.497 e. The quantitative estimate of drug-likeness (QED) is 0.792. The first-order valence-electron chi connectivity index (χ1n) is 7.42. The van der Waals surface area contributed by atoms with Gasteiger partial charge < -0.3 is 9.47 Å². The SMILES string of the molecule is COc1cccc(-c2ccc(COC3CCN3C#N)c(F)c2)c1. The Balaban J connectivity index is 1.71. The zero-order chi connectivity index (χ0) is 16.2. The molecule has 0 amide bonds. The molecular weight excluding hydrogens is 295 g/mol. The van der Waals surface area contributed by atoms with Gasteiger partial charge in [-0.15, -0.1) is 0 Å². The molecule has 1 aliphatic rings. The third-order valence-electron chi connectivity index (χ3n) is 3.98. The highest BCUT2D eigenvalue weighted by Crippen LogP contribution is 2.26. The van der Waals surface area contributed by atoms with Crippen molar-refractivity contribution in [2.75, 3.05) is 13.7 Å². The van der Waals surface area contributed by atoms with E-state index in [1.54, 1.807) is 18.1 Å². The lowest BCUT2D eigenvalue weighted by Gasteiger charge is -2.35. The minimum absolute atomic E-state index is 0.160. The topological polar surface area (TPSA) is 45.5 Å². The number of nitriles is 1. The van der Waals surface area contributed by atoms with E-state index in [0.29, 0.717) is 12.1 Å². The van der Waals surface area contributed by atoms with Crippen molar-refractivity contribution in [1.29, 1.82) is 5.26 Å². The van der Waals surface area contributed by atoms with E-state index in [9.17, 15) is 4.39 Å². The average molecular weight is 312 g/mol. The zero-order valence-corrected chi connectivity index (χ0v) is 12.8. The van der Waals surface area contributed by atoms with Crippen LogP contribution in [0, 0.1) is 17.3 Å². The van der Waals surface area contributed by atoms with Crippen LogP contribution >= 0.6 is 0 Å².